The minimum atomic E-state index is -0.378. The Morgan fingerprint density at radius 2 is 2.20 bits per heavy atom. The third-order valence-corrected chi connectivity index (χ3v) is 6.11. The number of carbonyl (C=O) groups excluding carboxylic acids is 1. The maximum absolute atomic E-state index is 12.5. The van der Waals surface area contributed by atoms with Crippen LogP contribution in [0.4, 0.5) is 4.79 Å². The van der Waals surface area contributed by atoms with Gasteiger partial charge < -0.3 is 18.9 Å². The predicted octanol–water partition coefficient (Wildman–Crippen LogP) is 4.34. The Morgan fingerprint density at radius 1 is 1.40 bits per heavy atom. The van der Waals surface area contributed by atoms with Gasteiger partial charge in [-0.25, -0.2) is 9.78 Å². The molecule has 2 atom stereocenters. The first kappa shape index (κ1) is 20.5. The molecule has 1 aromatic carbocycles. The molecule has 1 aromatic heterocycles. The molecule has 1 spiro atoms. The smallest absolute Gasteiger partial charge is 0.410 e. The lowest BCUT2D eigenvalue weighted by atomic mass is 9.77. The zero-order valence-electron chi connectivity index (χ0n) is 18.3. The number of benzene rings is 1. The second-order valence-electron chi connectivity index (χ2n) is 9.99. The van der Waals surface area contributed by atoms with Crippen molar-refractivity contribution in [3.63, 3.8) is 0 Å². The largest absolute Gasteiger partial charge is 0.494 e. The van der Waals surface area contributed by atoms with Crippen LogP contribution in [0.5, 0.6) is 5.75 Å². The molecular weight excluding hydrogens is 380 g/mol. The van der Waals surface area contributed by atoms with E-state index in [1.54, 1.807) is 13.2 Å². The fourth-order valence-electron chi connectivity index (χ4n) is 5.00. The summed E-state index contributed by atoms with van der Waals surface area (Å²) in [4.78, 5) is 18.9. The van der Waals surface area contributed by atoms with Crippen molar-refractivity contribution in [1.82, 2.24) is 14.5 Å². The topological polar surface area (TPSA) is 80.4 Å². The second kappa shape index (κ2) is 7.50. The van der Waals surface area contributed by atoms with Crippen molar-refractivity contribution in [2.75, 3.05) is 20.2 Å². The van der Waals surface area contributed by atoms with E-state index in [0.717, 1.165) is 43.3 Å². The van der Waals surface area contributed by atoms with E-state index in [1.165, 1.54) is 0 Å². The first-order valence-electron chi connectivity index (χ1n) is 10.6. The van der Waals surface area contributed by atoms with E-state index in [-0.39, 0.29) is 17.1 Å². The van der Waals surface area contributed by atoms with Gasteiger partial charge in [0.15, 0.2) is 0 Å². The zero-order valence-corrected chi connectivity index (χ0v) is 18.3. The van der Waals surface area contributed by atoms with Gasteiger partial charge in [0.1, 0.15) is 16.9 Å². The van der Waals surface area contributed by atoms with Crippen LogP contribution in [0.2, 0.25) is 0 Å². The highest BCUT2D eigenvalue weighted by atomic mass is 16.6. The molecule has 1 saturated carbocycles. The first-order valence-corrected chi connectivity index (χ1v) is 10.6. The fraction of sp³-hybridized carbons (Fsp3) is 0.609. The normalized spacial score (nSPS) is 24.3. The third kappa shape index (κ3) is 3.96. The number of rotatable bonds is 4. The van der Waals surface area contributed by atoms with E-state index in [4.69, 9.17) is 9.47 Å². The summed E-state index contributed by atoms with van der Waals surface area (Å²) >= 11 is 0. The van der Waals surface area contributed by atoms with Gasteiger partial charge >= 0.3 is 6.09 Å². The highest BCUT2D eigenvalue weighted by Gasteiger charge is 2.48. The van der Waals surface area contributed by atoms with Gasteiger partial charge in [0.05, 0.1) is 37.1 Å². The summed E-state index contributed by atoms with van der Waals surface area (Å²) in [7, 11) is 1.59. The molecule has 0 radical (unpaired) electrons. The van der Waals surface area contributed by atoms with Crippen LogP contribution in [0.1, 0.15) is 52.0 Å². The first-order chi connectivity index (χ1) is 14.2. The number of nitrogens with zero attached hydrogens (tertiary/aromatic N) is 4. The Kier molecular flexibility index (Phi) is 5.13. The van der Waals surface area contributed by atoms with Crippen LogP contribution in [0.25, 0.3) is 11.0 Å². The molecule has 7 heteroatoms. The fourth-order valence-corrected chi connectivity index (χ4v) is 5.00. The van der Waals surface area contributed by atoms with Crippen LogP contribution < -0.4 is 4.74 Å². The number of imidazole rings is 1. The van der Waals surface area contributed by atoms with Gasteiger partial charge in [-0.15, -0.1) is 0 Å². The Hall–Kier alpha value is -2.75. The summed E-state index contributed by atoms with van der Waals surface area (Å²) in [5, 5.41) is 9.35. The van der Waals surface area contributed by atoms with Crippen molar-refractivity contribution < 1.29 is 14.3 Å². The van der Waals surface area contributed by atoms with Gasteiger partial charge in [0, 0.05) is 19.2 Å². The van der Waals surface area contributed by atoms with E-state index in [1.807, 2.05) is 17.3 Å². The van der Waals surface area contributed by atoms with E-state index in [2.05, 4.69) is 36.4 Å². The zero-order chi connectivity index (χ0) is 21.5. The molecular formula is C23H30N4O3. The number of amides is 1. The molecule has 30 heavy (non-hydrogen) atoms. The lowest BCUT2D eigenvalue weighted by Gasteiger charge is -2.36. The van der Waals surface area contributed by atoms with Gasteiger partial charge in [-0.05, 0) is 43.1 Å². The molecule has 1 aliphatic heterocycles. The monoisotopic (exact) mass is 410 g/mol. The summed E-state index contributed by atoms with van der Waals surface area (Å²) < 4.78 is 13.5. The number of ether oxygens (including phenoxy) is 2. The number of carbonyl (C=O) groups is 1. The van der Waals surface area contributed by atoms with E-state index in [0.29, 0.717) is 30.3 Å². The van der Waals surface area contributed by atoms with Crippen LogP contribution in [0, 0.1) is 22.7 Å². The maximum atomic E-state index is 12.5. The van der Waals surface area contributed by atoms with E-state index >= 15 is 0 Å². The van der Waals surface area contributed by atoms with Crippen LogP contribution in [0.3, 0.4) is 0 Å². The Balaban J connectivity index is 1.53. The van der Waals surface area contributed by atoms with Crippen LogP contribution in [-0.4, -0.2) is 46.3 Å². The van der Waals surface area contributed by atoms with Crippen LogP contribution in [-0.2, 0) is 11.3 Å². The maximum Gasteiger partial charge on any atom is 0.410 e. The summed E-state index contributed by atoms with van der Waals surface area (Å²) in [6, 6.07) is 5.78. The van der Waals surface area contributed by atoms with Gasteiger partial charge in [-0.3, -0.25) is 0 Å². The van der Waals surface area contributed by atoms with Crippen molar-refractivity contribution >= 4 is 17.1 Å². The number of nitriles is 1. The number of aromatic nitrogens is 2. The van der Waals surface area contributed by atoms with Crippen molar-refractivity contribution in [2.45, 2.75) is 58.6 Å². The number of hydrogen-bond acceptors (Lipinski definition) is 5. The Bertz CT molecular complexity index is 1000. The molecule has 7 nitrogen and oxygen atoms in total. The Labute approximate surface area is 177 Å². The second-order valence-corrected chi connectivity index (χ2v) is 9.99. The average molecular weight is 411 g/mol. The molecule has 2 aromatic rings. The molecule has 160 valence electrons. The van der Waals surface area contributed by atoms with Crippen LogP contribution in [0.15, 0.2) is 18.5 Å². The van der Waals surface area contributed by atoms with Gasteiger partial charge in [0.2, 0.25) is 0 Å². The SMILES string of the molecule is COc1cc(C#N)cc2c1ncn2C[C@H]1CCC[C@]2(C1)CN(CC(C)(C)C)C(=O)O2. The molecule has 1 saturated heterocycles. The molecule has 4 rings (SSSR count). The van der Waals surface area contributed by atoms with Gasteiger partial charge in [-0.1, -0.05) is 20.8 Å². The van der Waals surface area contributed by atoms with Gasteiger partial charge in [-0.2, -0.15) is 5.26 Å². The number of hydrogen-bond donors (Lipinski definition) is 0. The third-order valence-electron chi connectivity index (χ3n) is 6.11. The molecule has 1 aliphatic carbocycles. The molecule has 2 aliphatic rings. The van der Waals surface area contributed by atoms with Crippen LogP contribution >= 0.6 is 0 Å². The highest BCUT2D eigenvalue weighted by molar-refractivity contribution is 5.83. The lowest BCUT2D eigenvalue weighted by Crippen LogP contribution is -2.41. The lowest BCUT2D eigenvalue weighted by molar-refractivity contribution is 0.00412. The molecule has 2 fully saturated rings. The van der Waals surface area contributed by atoms with Crippen molar-refractivity contribution in [3.05, 3.63) is 24.0 Å². The predicted molar refractivity (Wildman–Crippen MR) is 113 cm³/mol. The molecule has 0 N–H and O–H groups in total. The minimum absolute atomic E-state index is 0.0475. The summed E-state index contributed by atoms with van der Waals surface area (Å²) in [5.41, 5.74) is 1.90. The Morgan fingerprint density at radius 3 is 2.90 bits per heavy atom. The number of methoxy groups -OCH3 is 1. The highest BCUT2D eigenvalue weighted by Crippen LogP contribution is 2.41. The summed E-state index contributed by atoms with van der Waals surface area (Å²) in [6.45, 7) is 8.60. The summed E-state index contributed by atoms with van der Waals surface area (Å²) in [6.07, 6.45) is 5.55. The standard InChI is InChI=1S/C23H30N4O3/c1-22(2,3)13-27-14-23(30-21(27)28)7-5-6-16(10-23)12-26-15-25-20-18(26)8-17(11-24)9-19(20)29-4/h8-9,15-16H,5-7,10,12-14H2,1-4H3/t16-,23-/m0/s1. The van der Waals surface area contributed by atoms with Crippen molar-refractivity contribution in [1.29, 1.82) is 5.26 Å². The van der Waals surface area contributed by atoms with Crippen molar-refractivity contribution in [3.8, 4) is 11.8 Å². The summed E-state index contributed by atoms with van der Waals surface area (Å²) in [5.74, 6) is 1.00. The van der Waals surface area contributed by atoms with Gasteiger partial charge in [0.25, 0.3) is 0 Å². The molecule has 0 bridgehead atoms. The van der Waals surface area contributed by atoms with E-state index in [9.17, 15) is 10.1 Å². The van der Waals surface area contributed by atoms with E-state index < -0.39 is 0 Å². The average Bonchev–Trinajstić information content (AvgIpc) is 3.20. The quantitative estimate of drug-likeness (QED) is 0.749. The number of fused-ring (bicyclic) bond motifs is 1. The van der Waals surface area contributed by atoms with Crippen molar-refractivity contribution in [2.24, 2.45) is 11.3 Å². The molecule has 1 amide bonds. The molecule has 0 unspecified atom stereocenters. The molecule has 2 heterocycles. The minimum Gasteiger partial charge on any atom is -0.494 e.